The molecule has 0 saturated heterocycles. The summed E-state index contributed by atoms with van der Waals surface area (Å²) in [6.45, 7) is 2.01. The van der Waals surface area contributed by atoms with Gasteiger partial charge in [0.1, 0.15) is 0 Å². The first-order chi connectivity index (χ1) is 3.35. The summed E-state index contributed by atoms with van der Waals surface area (Å²) in [5.74, 6) is 0. The number of methoxy groups -OCH3 is 2. The SMILES string of the molecule is CCC(OC)OC. The van der Waals surface area contributed by atoms with Crippen LogP contribution in [-0.4, -0.2) is 20.5 Å². The fourth-order valence-electron chi connectivity index (χ4n) is 0.430. The van der Waals surface area contributed by atoms with Gasteiger partial charge >= 0.3 is 0 Å². The van der Waals surface area contributed by atoms with Crippen molar-refractivity contribution in [3.63, 3.8) is 0 Å². The maximum atomic E-state index is 4.83. The van der Waals surface area contributed by atoms with Gasteiger partial charge in [0.05, 0.1) is 0 Å². The molecule has 0 fully saturated rings. The molecule has 0 aromatic carbocycles. The summed E-state index contributed by atoms with van der Waals surface area (Å²) in [4.78, 5) is 0. The highest BCUT2D eigenvalue weighted by molar-refractivity contribution is 4.31. The highest BCUT2D eigenvalue weighted by Gasteiger charge is 1.96. The van der Waals surface area contributed by atoms with Crippen molar-refractivity contribution in [3.05, 3.63) is 0 Å². The Morgan fingerprint density at radius 3 is 1.71 bits per heavy atom. The molecule has 0 aliphatic carbocycles. The number of hydrogen-bond donors (Lipinski definition) is 0. The first kappa shape index (κ1) is 6.92. The lowest BCUT2D eigenvalue weighted by atomic mass is 10.5. The largest absolute Gasteiger partial charge is 0.356 e. The van der Waals surface area contributed by atoms with Crippen molar-refractivity contribution in [1.82, 2.24) is 0 Å². The van der Waals surface area contributed by atoms with E-state index < -0.39 is 0 Å². The van der Waals surface area contributed by atoms with Crippen molar-refractivity contribution in [3.8, 4) is 0 Å². The number of rotatable bonds is 3. The molecule has 0 amide bonds. The van der Waals surface area contributed by atoms with E-state index in [1.807, 2.05) is 6.92 Å². The normalized spacial score (nSPS) is 10.3. The van der Waals surface area contributed by atoms with E-state index in [9.17, 15) is 0 Å². The summed E-state index contributed by atoms with van der Waals surface area (Å²) < 4.78 is 9.65. The van der Waals surface area contributed by atoms with Crippen LogP contribution in [0.3, 0.4) is 0 Å². The lowest BCUT2D eigenvalue weighted by molar-refractivity contribution is -0.103. The zero-order chi connectivity index (χ0) is 5.70. The van der Waals surface area contributed by atoms with Crippen molar-refractivity contribution in [2.45, 2.75) is 19.6 Å². The second kappa shape index (κ2) is 4.09. The molecule has 0 spiro atoms. The van der Waals surface area contributed by atoms with Crippen molar-refractivity contribution in [1.29, 1.82) is 0 Å². The van der Waals surface area contributed by atoms with Gasteiger partial charge in [-0.15, -0.1) is 0 Å². The van der Waals surface area contributed by atoms with Gasteiger partial charge in [0.15, 0.2) is 6.29 Å². The Morgan fingerprint density at radius 1 is 1.29 bits per heavy atom. The molecule has 7 heavy (non-hydrogen) atoms. The average molecular weight is 104 g/mol. The predicted octanol–water partition coefficient (Wildman–Crippen LogP) is 1.02. The molecule has 0 heterocycles. The second-order valence-electron chi connectivity index (χ2n) is 1.31. The van der Waals surface area contributed by atoms with Crippen LogP contribution in [-0.2, 0) is 9.47 Å². The third-order valence-corrected chi connectivity index (χ3v) is 0.859. The van der Waals surface area contributed by atoms with Crippen molar-refractivity contribution < 1.29 is 9.47 Å². The molecular formula is C5H12O2. The van der Waals surface area contributed by atoms with Gasteiger partial charge < -0.3 is 9.47 Å². The molecular weight excluding hydrogens is 92.1 g/mol. The van der Waals surface area contributed by atoms with Crippen LogP contribution < -0.4 is 0 Å². The van der Waals surface area contributed by atoms with Gasteiger partial charge in [-0.2, -0.15) is 0 Å². The van der Waals surface area contributed by atoms with Crippen LogP contribution in [0.2, 0.25) is 0 Å². The smallest absolute Gasteiger partial charge is 0.156 e. The minimum Gasteiger partial charge on any atom is -0.356 e. The first-order valence-corrected chi connectivity index (χ1v) is 2.40. The Bertz CT molecular complexity index is 27.6. The standard InChI is InChI=1S/C5H12O2/c1-4-5(6-2)7-3/h5H,4H2,1-3H3. The van der Waals surface area contributed by atoms with E-state index in [1.165, 1.54) is 0 Å². The Morgan fingerprint density at radius 2 is 1.71 bits per heavy atom. The van der Waals surface area contributed by atoms with Gasteiger partial charge in [-0.1, -0.05) is 6.92 Å². The Labute approximate surface area is 44.4 Å². The van der Waals surface area contributed by atoms with Crippen LogP contribution in [0.1, 0.15) is 13.3 Å². The molecule has 0 aromatic rings. The highest BCUT2D eigenvalue weighted by atomic mass is 16.7. The maximum absolute atomic E-state index is 4.83. The number of ether oxygens (including phenoxy) is 2. The molecule has 0 aliphatic heterocycles. The maximum Gasteiger partial charge on any atom is 0.156 e. The van der Waals surface area contributed by atoms with Gasteiger partial charge in [0, 0.05) is 14.2 Å². The van der Waals surface area contributed by atoms with E-state index in [0.717, 1.165) is 6.42 Å². The Balaban J connectivity index is 2.99. The van der Waals surface area contributed by atoms with Crippen molar-refractivity contribution >= 4 is 0 Å². The first-order valence-electron chi connectivity index (χ1n) is 2.40. The summed E-state index contributed by atoms with van der Waals surface area (Å²) in [6, 6.07) is 0. The van der Waals surface area contributed by atoms with E-state index in [-0.39, 0.29) is 6.29 Å². The molecule has 0 rings (SSSR count). The summed E-state index contributed by atoms with van der Waals surface area (Å²) in [6.07, 6.45) is 0.896. The van der Waals surface area contributed by atoms with Crippen LogP contribution in [0.25, 0.3) is 0 Å². The van der Waals surface area contributed by atoms with E-state index in [4.69, 9.17) is 9.47 Å². The highest BCUT2D eigenvalue weighted by Crippen LogP contribution is 1.93. The van der Waals surface area contributed by atoms with Crippen LogP contribution >= 0.6 is 0 Å². The molecule has 2 nitrogen and oxygen atoms in total. The fraction of sp³-hybridized carbons (Fsp3) is 1.00. The molecule has 0 bridgehead atoms. The molecule has 44 valence electrons. The van der Waals surface area contributed by atoms with E-state index >= 15 is 0 Å². The topological polar surface area (TPSA) is 18.5 Å². The predicted molar refractivity (Wildman–Crippen MR) is 28.1 cm³/mol. The monoisotopic (exact) mass is 104 g/mol. The minimum absolute atomic E-state index is 0.0139. The zero-order valence-corrected chi connectivity index (χ0v) is 5.10. The van der Waals surface area contributed by atoms with Crippen LogP contribution in [0, 0.1) is 0 Å². The van der Waals surface area contributed by atoms with E-state index in [1.54, 1.807) is 14.2 Å². The van der Waals surface area contributed by atoms with Crippen LogP contribution in [0.4, 0.5) is 0 Å². The van der Waals surface area contributed by atoms with Gasteiger partial charge in [-0.05, 0) is 6.42 Å². The zero-order valence-electron chi connectivity index (χ0n) is 5.10. The second-order valence-corrected chi connectivity index (χ2v) is 1.31. The lowest BCUT2D eigenvalue weighted by Gasteiger charge is -2.08. The Hall–Kier alpha value is -0.0800. The summed E-state index contributed by atoms with van der Waals surface area (Å²) in [5.41, 5.74) is 0. The van der Waals surface area contributed by atoms with Gasteiger partial charge in [-0.3, -0.25) is 0 Å². The summed E-state index contributed by atoms with van der Waals surface area (Å²) >= 11 is 0. The minimum atomic E-state index is -0.0139. The van der Waals surface area contributed by atoms with E-state index in [0.29, 0.717) is 0 Å². The molecule has 2 heteroatoms. The summed E-state index contributed by atoms with van der Waals surface area (Å²) in [7, 11) is 3.27. The van der Waals surface area contributed by atoms with Crippen LogP contribution in [0.15, 0.2) is 0 Å². The average Bonchev–Trinajstić information content (AvgIpc) is 1.72. The molecule has 0 radical (unpaired) electrons. The Kier molecular flexibility index (Phi) is 4.04. The lowest BCUT2D eigenvalue weighted by Crippen LogP contribution is -2.10. The molecule has 0 aromatic heterocycles. The van der Waals surface area contributed by atoms with Crippen LogP contribution in [0.5, 0.6) is 0 Å². The molecule has 0 atom stereocenters. The summed E-state index contributed by atoms with van der Waals surface area (Å²) in [5, 5.41) is 0. The van der Waals surface area contributed by atoms with Gasteiger partial charge in [-0.25, -0.2) is 0 Å². The molecule has 0 N–H and O–H groups in total. The van der Waals surface area contributed by atoms with Gasteiger partial charge in [0.2, 0.25) is 0 Å². The molecule has 0 saturated carbocycles. The third-order valence-electron chi connectivity index (χ3n) is 0.859. The quantitative estimate of drug-likeness (QED) is 0.497. The molecule has 0 aliphatic rings. The van der Waals surface area contributed by atoms with Crippen molar-refractivity contribution in [2.24, 2.45) is 0 Å². The van der Waals surface area contributed by atoms with E-state index in [2.05, 4.69) is 0 Å². The van der Waals surface area contributed by atoms with Gasteiger partial charge in [0.25, 0.3) is 0 Å². The third kappa shape index (κ3) is 2.60. The van der Waals surface area contributed by atoms with Crippen molar-refractivity contribution in [2.75, 3.05) is 14.2 Å². The fourth-order valence-corrected chi connectivity index (χ4v) is 0.430. The molecule has 0 unspecified atom stereocenters. The number of hydrogen-bond acceptors (Lipinski definition) is 2.